The second kappa shape index (κ2) is 12.1. The summed E-state index contributed by atoms with van der Waals surface area (Å²) in [4.78, 5) is 29.1. The normalized spacial score (nSPS) is 18.5. The van der Waals surface area contributed by atoms with Crippen molar-refractivity contribution in [2.24, 2.45) is 5.92 Å². The number of carbonyl (C=O) groups is 2. The van der Waals surface area contributed by atoms with Gasteiger partial charge in [0.1, 0.15) is 0 Å². The van der Waals surface area contributed by atoms with Gasteiger partial charge in [-0.1, -0.05) is 42.8 Å². The average molecular weight is 581 g/mol. The fraction of sp³-hybridized carbons (Fsp3) is 0.333. The van der Waals surface area contributed by atoms with Gasteiger partial charge in [0.05, 0.1) is 21.0 Å². The van der Waals surface area contributed by atoms with Crippen molar-refractivity contribution in [2.75, 3.05) is 31.2 Å². The second-order valence-corrected chi connectivity index (χ2v) is 12.8. The monoisotopic (exact) mass is 580 g/mol. The number of rotatable bonds is 8. The number of nitrogens with one attached hydrogen (secondary N) is 2. The number of likely N-dealkylation sites (tertiary alicyclic amines) is 1. The molecule has 1 atom stereocenters. The van der Waals surface area contributed by atoms with E-state index in [4.69, 9.17) is 11.6 Å². The van der Waals surface area contributed by atoms with E-state index < -0.39 is 15.7 Å². The minimum absolute atomic E-state index is 0.0508. The second-order valence-electron chi connectivity index (χ2n) is 10.4. The van der Waals surface area contributed by atoms with Gasteiger partial charge in [-0.2, -0.15) is 0 Å². The SMILES string of the molecule is CC1CCCN(CCCNC(=O)c2ccc3c(c2)N(NCc2ccc(Cl)cc2)C(=O)c2ccccc2S3(=O)=O)C1. The third-order valence-electron chi connectivity index (χ3n) is 7.39. The molecule has 5 rings (SSSR count). The Labute approximate surface area is 240 Å². The van der Waals surface area contributed by atoms with Crippen LogP contribution in [0, 0.1) is 5.92 Å². The summed E-state index contributed by atoms with van der Waals surface area (Å²) in [6.07, 6.45) is 3.29. The van der Waals surface area contributed by atoms with Crippen LogP contribution in [0.25, 0.3) is 0 Å². The van der Waals surface area contributed by atoms with Gasteiger partial charge in [-0.25, -0.2) is 18.9 Å². The Kier molecular flexibility index (Phi) is 8.56. The third-order valence-corrected chi connectivity index (χ3v) is 9.51. The van der Waals surface area contributed by atoms with Crippen molar-refractivity contribution in [2.45, 2.75) is 42.5 Å². The number of hydrogen-bond donors (Lipinski definition) is 2. The summed E-state index contributed by atoms with van der Waals surface area (Å²) < 4.78 is 27.3. The van der Waals surface area contributed by atoms with E-state index in [0.29, 0.717) is 17.5 Å². The number of nitrogens with zero attached hydrogens (tertiary/aromatic N) is 2. The maximum atomic E-state index is 13.7. The number of fused-ring (bicyclic) bond motifs is 2. The van der Waals surface area contributed by atoms with Gasteiger partial charge < -0.3 is 10.2 Å². The lowest BCUT2D eigenvalue weighted by atomic mass is 10.0. The Morgan fingerprint density at radius 2 is 1.82 bits per heavy atom. The minimum atomic E-state index is -4.03. The van der Waals surface area contributed by atoms with Gasteiger partial charge in [0, 0.05) is 30.2 Å². The largest absolute Gasteiger partial charge is 0.352 e. The fourth-order valence-corrected chi connectivity index (χ4v) is 7.05. The van der Waals surface area contributed by atoms with E-state index in [1.54, 1.807) is 24.3 Å². The molecule has 0 saturated carbocycles. The van der Waals surface area contributed by atoms with E-state index in [9.17, 15) is 18.0 Å². The Balaban J connectivity index is 1.39. The lowest BCUT2D eigenvalue weighted by Crippen LogP contribution is -2.43. The molecule has 1 saturated heterocycles. The molecular formula is C30H33ClN4O4S. The van der Waals surface area contributed by atoms with Crippen LogP contribution in [0.1, 0.15) is 52.5 Å². The highest BCUT2D eigenvalue weighted by molar-refractivity contribution is 7.91. The lowest BCUT2D eigenvalue weighted by molar-refractivity contribution is 0.0945. The number of piperidine rings is 1. The molecule has 3 aromatic rings. The number of hydrogen-bond acceptors (Lipinski definition) is 6. The first-order valence-electron chi connectivity index (χ1n) is 13.5. The summed E-state index contributed by atoms with van der Waals surface area (Å²) in [5.74, 6) is -0.149. The first-order valence-corrected chi connectivity index (χ1v) is 15.4. The summed E-state index contributed by atoms with van der Waals surface area (Å²) in [5, 5.41) is 4.76. The Morgan fingerprint density at radius 3 is 2.60 bits per heavy atom. The van der Waals surface area contributed by atoms with Crippen LogP contribution in [-0.2, 0) is 16.4 Å². The van der Waals surface area contributed by atoms with Crippen LogP contribution < -0.4 is 15.8 Å². The zero-order valence-corrected chi connectivity index (χ0v) is 24.0. The number of amides is 2. The summed E-state index contributed by atoms with van der Waals surface area (Å²) in [6, 6.07) is 17.6. The smallest absolute Gasteiger partial charge is 0.274 e. The molecule has 1 unspecified atom stereocenters. The molecule has 2 amide bonds. The Bertz CT molecular complexity index is 1510. The van der Waals surface area contributed by atoms with E-state index in [1.165, 1.54) is 48.2 Å². The summed E-state index contributed by atoms with van der Waals surface area (Å²) in [5.41, 5.74) is 4.36. The fourth-order valence-electron chi connectivity index (χ4n) is 5.31. The number of sulfone groups is 1. The topological polar surface area (TPSA) is 98.8 Å². The molecule has 0 aromatic heterocycles. The molecule has 0 aliphatic carbocycles. The van der Waals surface area contributed by atoms with Gasteiger partial charge in [0.15, 0.2) is 0 Å². The summed E-state index contributed by atoms with van der Waals surface area (Å²) in [6.45, 7) is 6.10. The quantitative estimate of drug-likeness (QED) is 0.375. The number of benzene rings is 3. The molecule has 0 spiro atoms. The highest BCUT2D eigenvalue weighted by Gasteiger charge is 2.36. The molecule has 0 bridgehead atoms. The van der Waals surface area contributed by atoms with Crippen molar-refractivity contribution in [3.05, 3.63) is 88.4 Å². The number of halogens is 1. The number of hydrazine groups is 1. The van der Waals surface area contributed by atoms with Gasteiger partial charge in [-0.15, -0.1) is 0 Å². The van der Waals surface area contributed by atoms with Crippen molar-refractivity contribution in [3.63, 3.8) is 0 Å². The molecule has 2 aliphatic heterocycles. The first-order chi connectivity index (χ1) is 19.2. The highest BCUT2D eigenvalue weighted by Crippen LogP contribution is 2.36. The van der Waals surface area contributed by atoms with E-state index in [-0.39, 0.29) is 39.1 Å². The molecular weight excluding hydrogens is 548 g/mol. The molecule has 3 aromatic carbocycles. The summed E-state index contributed by atoms with van der Waals surface area (Å²) in [7, 11) is -4.03. The minimum Gasteiger partial charge on any atom is -0.352 e. The first kappa shape index (κ1) is 28.3. The Morgan fingerprint density at radius 1 is 1.05 bits per heavy atom. The highest BCUT2D eigenvalue weighted by atomic mass is 35.5. The average Bonchev–Trinajstić information content (AvgIpc) is 3.02. The van der Waals surface area contributed by atoms with E-state index in [1.807, 2.05) is 12.1 Å². The van der Waals surface area contributed by atoms with Crippen molar-refractivity contribution in [3.8, 4) is 0 Å². The van der Waals surface area contributed by atoms with Crippen molar-refractivity contribution in [1.82, 2.24) is 15.6 Å². The van der Waals surface area contributed by atoms with Crippen molar-refractivity contribution >= 4 is 38.9 Å². The van der Waals surface area contributed by atoms with Crippen molar-refractivity contribution in [1.29, 1.82) is 0 Å². The maximum Gasteiger partial charge on any atom is 0.274 e. The number of carbonyl (C=O) groups excluding carboxylic acids is 2. The maximum absolute atomic E-state index is 13.7. The molecule has 2 aliphatic rings. The molecule has 40 heavy (non-hydrogen) atoms. The van der Waals surface area contributed by atoms with E-state index in [2.05, 4.69) is 22.6 Å². The van der Waals surface area contributed by atoms with Crippen LogP contribution in [0.15, 0.2) is 76.5 Å². The predicted octanol–water partition coefficient (Wildman–Crippen LogP) is 4.69. The van der Waals surface area contributed by atoms with Crippen LogP contribution in [0.5, 0.6) is 0 Å². The van der Waals surface area contributed by atoms with E-state index in [0.717, 1.165) is 31.6 Å². The molecule has 2 heterocycles. The molecule has 8 nitrogen and oxygen atoms in total. The van der Waals surface area contributed by atoms with Gasteiger partial charge in [0.2, 0.25) is 9.84 Å². The van der Waals surface area contributed by atoms with Gasteiger partial charge in [-0.3, -0.25) is 9.59 Å². The molecule has 2 N–H and O–H groups in total. The van der Waals surface area contributed by atoms with Gasteiger partial charge in [0.25, 0.3) is 11.8 Å². The Hall–Kier alpha value is -3.24. The van der Waals surface area contributed by atoms with E-state index >= 15 is 0 Å². The summed E-state index contributed by atoms with van der Waals surface area (Å²) >= 11 is 6.01. The number of anilines is 1. The van der Waals surface area contributed by atoms with Crippen LogP contribution in [0.2, 0.25) is 5.02 Å². The van der Waals surface area contributed by atoms with Crippen molar-refractivity contribution < 1.29 is 18.0 Å². The standard InChI is InChI=1S/C30H33ClN4O4S/c1-21-6-4-16-34(20-21)17-5-15-32-29(36)23-11-14-28-26(18-23)35(33-19-22-9-12-24(31)13-10-22)30(37)25-7-2-3-8-27(25)40(28,38)39/h2-3,7-14,18,21,33H,4-6,15-17,19-20H2,1H3,(H,32,36). The van der Waals surface area contributed by atoms with Crippen LogP contribution in [0.3, 0.4) is 0 Å². The zero-order chi connectivity index (χ0) is 28.3. The van der Waals surface area contributed by atoms with Crippen LogP contribution >= 0.6 is 11.6 Å². The van der Waals surface area contributed by atoms with Crippen LogP contribution in [0.4, 0.5) is 5.69 Å². The lowest BCUT2D eigenvalue weighted by Gasteiger charge is -2.30. The molecule has 1 fully saturated rings. The molecule has 210 valence electrons. The predicted molar refractivity (Wildman–Crippen MR) is 155 cm³/mol. The third kappa shape index (κ3) is 6.07. The van der Waals surface area contributed by atoms with Crippen LogP contribution in [-0.4, -0.2) is 51.3 Å². The molecule has 10 heteroatoms. The molecule has 0 radical (unpaired) electrons. The van der Waals surface area contributed by atoms with Gasteiger partial charge in [-0.05, 0) is 86.3 Å². The zero-order valence-electron chi connectivity index (χ0n) is 22.4. The van der Waals surface area contributed by atoms with Gasteiger partial charge >= 0.3 is 0 Å².